The Bertz CT molecular complexity index is 299. The minimum Gasteiger partial charge on any atom is -0.545 e. The molecule has 0 aromatic heterocycles. The van der Waals surface area contributed by atoms with Gasteiger partial charge in [0.15, 0.2) is 0 Å². The van der Waals surface area contributed by atoms with Gasteiger partial charge >= 0.3 is 51.4 Å². The molecule has 0 saturated carbocycles. The Balaban J connectivity index is 0.00000121. The second-order valence-corrected chi connectivity index (χ2v) is 3.05. The zero-order valence-corrected chi connectivity index (χ0v) is 11.6. The van der Waals surface area contributed by atoms with Gasteiger partial charge in [-0.15, -0.1) is 0 Å². The molecule has 12 heavy (non-hydrogen) atoms. The molecule has 1 aromatic carbocycles. The molecule has 1 aromatic rings. The quantitative estimate of drug-likeness (QED) is 0.550. The van der Waals surface area contributed by atoms with E-state index in [4.69, 9.17) is 0 Å². The maximum atomic E-state index is 10.4. The van der Waals surface area contributed by atoms with Crippen LogP contribution in [0.1, 0.15) is 15.9 Å². The average molecular weight is 253 g/mol. The van der Waals surface area contributed by atoms with Gasteiger partial charge in [0.1, 0.15) is 0 Å². The van der Waals surface area contributed by atoms with Crippen LogP contribution in [0.3, 0.4) is 0 Å². The fraction of sp³-hybridized carbons (Fsp3) is 0.125. The number of hydrogen-bond donors (Lipinski definition) is 0. The third-order valence-corrected chi connectivity index (χ3v) is 2.35. The Morgan fingerprint density at radius 2 is 2.08 bits per heavy atom. The fourth-order valence-corrected chi connectivity index (χ4v) is 1.19. The zero-order chi connectivity index (χ0) is 8.43. The van der Waals surface area contributed by atoms with E-state index in [2.05, 4.69) is 15.9 Å². The summed E-state index contributed by atoms with van der Waals surface area (Å²) in [7, 11) is 0. The van der Waals surface area contributed by atoms with Gasteiger partial charge in [0.2, 0.25) is 0 Å². The van der Waals surface area contributed by atoms with Gasteiger partial charge in [-0.05, 0) is 18.6 Å². The van der Waals surface area contributed by atoms with Crippen LogP contribution >= 0.6 is 15.9 Å². The van der Waals surface area contributed by atoms with E-state index in [0.29, 0.717) is 5.56 Å². The molecular weight excluding hydrogens is 247 g/mol. The maximum Gasteiger partial charge on any atom is 1.00 e. The van der Waals surface area contributed by atoms with Crippen molar-refractivity contribution in [2.75, 3.05) is 0 Å². The number of carboxylic acid groups (broad SMARTS) is 1. The second kappa shape index (κ2) is 5.52. The summed E-state index contributed by atoms with van der Waals surface area (Å²) in [4.78, 5) is 10.4. The molecule has 58 valence electrons. The molecule has 0 aliphatic carbocycles. The summed E-state index contributed by atoms with van der Waals surface area (Å²) in [6.45, 7) is 1.73. The van der Waals surface area contributed by atoms with Gasteiger partial charge in [-0.1, -0.05) is 28.1 Å². The first kappa shape index (κ1) is 12.8. The third-order valence-electron chi connectivity index (χ3n) is 1.49. The van der Waals surface area contributed by atoms with E-state index in [9.17, 15) is 9.90 Å². The Kier molecular flexibility index (Phi) is 5.89. The molecule has 1 rings (SSSR count). The summed E-state index contributed by atoms with van der Waals surface area (Å²) in [5, 5.41) is 10.4. The zero-order valence-electron chi connectivity index (χ0n) is 6.93. The van der Waals surface area contributed by atoms with Crippen molar-refractivity contribution in [3.8, 4) is 0 Å². The molecule has 0 spiro atoms. The second-order valence-electron chi connectivity index (χ2n) is 2.20. The summed E-state index contributed by atoms with van der Waals surface area (Å²) in [5.41, 5.74) is 0.937. The van der Waals surface area contributed by atoms with E-state index in [-0.39, 0.29) is 56.9 Å². The molecule has 2 nitrogen and oxygen atoms in total. The molecule has 0 amide bonds. The summed E-state index contributed by atoms with van der Waals surface area (Å²) >= 11 is 3.22. The van der Waals surface area contributed by atoms with Crippen molar-refractivity contribution in [3.63, 3.8) is 0 Å². The van der Waals surface area contributed by atoms with Crippen LogP contribution in [0.4, 0.5) is 0 Å². The van der Waals surface area contributed by atoms with Crippen LogP contribution in [0.5, 0.6) is 0 Å². The smallest absolute Gasteiger partial charge is 0.545 e. The molecule has 0 aliphatic rings. The van der Waals surface area contributed by atoms with E-state index in [1.165, 1.54) is 6.07 Å². The molecule has 0 aliphatic heterocycles. The van der Waals surface area contributed by atoms with Crippen molar-refractivity contribution < 1.29 is 61.3 Å². The number of carboxylic acids is 1. The minimum absolute atomic E-state index is 0. The van der Waals surface area contributed by atoms with Gasteiger partial charge in [-0.3, -0.25) is 0 Å². The molecule has 0 saturated heterocycles. The third kappa shape index (κ3) is 2.94. The molecule has 0 unspecified atom stereocenters. The molecular formula is C8H6BrKO2. The molecule has 0 atom stereocenters. The average Bonchev–Trinajstić information content (AvgIpc) is 1.94. The van der Waals surface area contributed by atoms with Gasteiger partial charge in [0.25, 0.3) is 0 Å². The van der Waals surface area contributed by atoms with Crippen LogP contribution in [0, 0.1) is 6.92 Å². The maximum absolute atomic E-state index is 10.4. The van der Waals surface area contributed by atoms with Crippen LogP contribution in [0.25, 0.3) is 0 Å². The van der Waals surface area contributed by atoms with Crippen molar-refractivity contribution in [2.24, 2.45) is 0 Å². The first-order valence-corrected chi connectivity index (χ1v) is 3.88. The molecule has 4 heteroatoms. The van der Waals surface area contributed by atoms with Gasteiger partial charge in [-0.2, -0.15) is 0 Å². The van der Waals surface area contributed by atoms with Crippen molar-refractivity contribution in [1.29, 1.82) is 0 Å². The first-order valence-electron chi connectivity index (χ1n) is 3.09. The van der Waals surface area contributed by atoms with Crippen LogP contribution in [0.15, 0.2) is 22.7 Å². The predicted octanol–water partition coefficient (Wildman–Crippen LogP) is -1.87. The first-order chi connectivity index (χ1) is 5.13. The predicted molar refractivity (Wildman–Crippen MR) is 43.2 cm³/mol. The number of aromatic carboxylic acids is 1. The van der Waals surface area contributed by atoms with Crippen molar-refractivity contribution >= 4 is 21.9 Å². The van der Waals surface area contributed by atoms with Crippen molar-refractivity contribution in [3.05, 3.63) is 33.8 Å². The van der Waals surface area contributed by atoms with Gasteiger partial charge in [0, 0.05) is 10.0 Å². The van der Waals surface area contributed by atoms with Crippen LogP contribution in [-0.2, 0) is 0 Å². The van der Waals surface area contributed by atoms with Crippen LogP contribution in [-0.4, -0.2) is 5.97 Å². The Morgan fingerprint density at radius 3 is 2.50 bits per heavy atom. The van der Waals surface area contributed by atoms with E-state index in [1.807, 2.05) is 0 Å². The number of carbonyl (C=O) groups is 1. The molecule has 0 radical (unpaired) electrons. The largest absolute Gasteiger partial charge is 1.00 e. The minimum atomic E-state index is -1.14. The van der Waals surface area contributed by atoms with E-state index < -0.39 is 5.97 Å². The van der Waals surface area contributed by atoms with E-state index >= 15 is 0 Å². The molecule has 0 fully saturated rings. The van der Waals surface area contributed by atoms with E-state index in [0.717, 1.165) is 4.47 Å². The topological polar surface area (TPSA) is 40.1 Å². The summed E-state index contributed by atoms with van der Waals surface area (Å²) in [6.07, 6.45) is 0. The van der Waals surface area contributed by atoms with Gasteiger partial charge < -0.3 is 9.90 Å². The summed E-state index contributed by atoms with van der Waals surface area (Å²) in [6, 6.07) is 4.99. The standard InChI is InChI=1S/C8H7BrO2.K/c1-5-6(8(10)11)3-2-4-7(5)9;/h2-4H,1H3,(H,10,11);/q;+1/p-1. The number of hydrogen-bond acceptors (Lipinski definition) is 2. The molecule has 0 N–H and O–H groups in total. The molecule has 0 bridgehead atoms. The number of rotatable bonds is 1. The van der Waals surface area contributed by atoms with Crippen LogP contribution < -0.4 is 56.5 Å². The van der Waals surface area contributed by atoms with Gasteiger partial charge in [-0.25, -0.2) is 0 Å². The van der Waals surface area contributed by atoms with Crippen molar-refractivity contribution in [2.45, 2.75) is 6.92 Å². The summed E-state index contributed by atoms with van der Waals surface area (Å²) in [5.74, 6) is -1.14. The normalized spacial score (nSPS) is 8.83. The summed E-state index contributed by atoms with van der Waals surface area (Å²) < 4.78 is 0.791. The Labute approximate surface area is 122 Å². The van der Waals surface area contributed by atoms with E-state index in [1.54, 1.807) is 19.1 Å². The Morgan fingerprint density at radius 1 is 1.50 bits per heavy atom. The number of carbonyl (C=O) groups excluding carboxylic acids is 1. The SMILES string of the molecule is Cc1c(Br)cccc1C(=O)[O-].[K+]. The Hall–Kier alpha value is 0.806. The van der Waals surface area contributed by atoms with Crippen LogP contribution in [0.2, 0.25) is 0 Å². The number of benzene rings is 1. The van der Waals surface area contributed by atoms with Crippen molar-refractivity contribution in [1.82, 2.24) is 0 Å². The monoisotopic (exact) mass is 252 g/mol. The fourth-order valence-electron chi connectivity index (χ4n) is 0.829. The molecule has 0 heterocycles. The number of halogens is 1. The van der Waals surface area contributed by atoms with Gasteiger partial charge in [0.05, 0.1) is 5.97 Å².